The molecular formula is C30H54O3. The predicted molar refractivity (Wildman–Crippen MR) is 138 cm³/mol. The van der Waals surface area contributed by atoms with Gasteiger partial charge in [-0.1, -0.05) is 52.2 Å². The third kappa shape index (κ3) is 5.89. The van der Waals surface area contributed by atoms with Crippen molar-refractivity contribution in [2.24, 2.45) is 35.0 Å². The molecule has 4 aliphatic carbocycles. The lowest BCUT2D eigenvalue weighted by molar-refractivity contribution is -0.0216. The molecule has 3 nitrogen and oxygen atoms in total. The number of hydrogen-bond acceptors (Lipinski definition) is 3. The summed E-state index contributed by atoms with van der Waals surface area (Å²) in [5, 5.41) is 20.9. The molecule has 0 aromatic rings. The van der Waals surface area contributed by atoms with Gasteiger partial charge >= 0.3 is 0 Å². The Bertz CT molecular complexity index is 630. The first-order valence-corrected chi connectivity index (χ1v) is 14.5. The number of hydrogen-bond donors (Lipinski definition) is 2. The lowest BCUT2D eigenvalue weighted by atomic mass is 9.51. The van der Waals surface area contributed by atoms with Crippen LogP contribution in [0.1, 0.15) is 118 Å². The molecule has 3 saturated carbocycles. The van der Waals surface area contributed by atoms with Crippen LogP contribution in [0.15, 0.2) is 11.6 Å². The van der Waals surface area contributed by atoms with Crippen molar-refractivity contribution in [2.75, 3.05) is 13.7 Å². The SMILES string of the molecule is CC.CCC(O)(CCCCC1CCC2C3CC=C4CC(O)CCC4C3CCC12C)CCOC. The Balaban J connectivity index is 0.00000149. The number of methoxy groups -OCH3 is 1. The Kier molecular flexibility index (Phi) is 9.93. The quantitative estimate of drug-likeness (QED) is 0.279. The number of fused-ring (bicyclic) bond motifs is 5. The molecule has 0 saturated heterocycles. The third-order valence-electron chi connectivity index (χ3n) is 10.5. The van der Waals surface area contributed by atoms with Crippen molar-refractivity contribution in [3.63, 3.8) is 0 Å². The zero-order valence-electron chi connectivity index (χ0n) is 22.5. The summed E-state index contributed by atoms with van der Waals surface area (Å²) in [6, 6.07) is 0. The highest BCUT2D eigenvalue weighted by Gasteiger charge is 2.55. The fourth-order valence-corrected chi connectivity index (χ4v) is 8.45. The topological polar surface area (TPSA) is 49.7 Å². The van der Waals surface area contributed by atoms with Crippen LogP contribution >= 0.6 is 0 Å². The number of ether oxygens (including phenoxy) is 1. The van der Waals surface area contributed by atoms with E-state index in [1.165, 1.54) is 51.4 Å². The van der Waals surface area contributed by atoms with Gasteiger partial charge in [-0.05, 0) is 112 Å². The van der Waals surface area contributed by atoms with Crippen molar-refractivity contribution < 1.29 is 14.9 Å². The van der Waals surface area contributed by atoms with E-state index in [4.69, 9.17) is 4.74 Å². The number of allylic oxidation sites excluding steroid dienone is 1. The van der Waals surface area contributed by atoms with E-state index >= 15 is 0 Å². The fourth-order valence-electron chi connectivity index (χ4n) is 8.45. The summed E-state index contributed by atoms with van der Waals surface area (Å²) in [7, 11) is 1.72. The van der Waals surface area contributed by atoms with Gasteiger partial charge < -0.3 is 14.9 Å². The van der Waals surface area contributed by atoms with E-state index in [0.717, 1.165) is 68.1 Å². The maximum Gasteiger partial charge on any atom is 0.0667 e. The number of aliphatic hydroxyl groups excluding tert-OH is 1. The maximum absolute atomic E-state index is 10.8. The Morgan fingerprint density at radius 1 is 1.06 bits per heavy atom. The first-order valence-electron chi connectivity index (χ1n) is 14.5. The molecule has 0 aromatic heterocycles. The highest BCUT2D eigenvalue weighted by atomic mass is 16.5. The van der Waals surface area contributed by atoms with Gasteiger partial charge in [0.25, 0.3) is 0 Å². The van der Waals surface area contributed by atoms with Crippen molar-refractivity contribution in [1.29, 1.82) is 0 Å². The van der Waals surface area contributed by atoms with Crippen LogP contribution in [0.2, 0.25) is 0 Å². The zero-order chi connectivity index (χ0) is 24.1. The molecule has 33 heavy (non-hydrogen) atoms. The van der Waals surface area contributed by atoms with Gasteiger partial charge in [0.15, 0.2) is 0 Å². The van der Waals surface area contributed by atoms with E-state index in [1.54, 1.807) is 12.7 Å². The molecule has 3 heteroatoms. The van der Waals surface area contributed by atoms with Crippen LogP contribution in [0.3, 0.4) is 0 Å². The molecule has 2 N–H and O–H groups in total. The second-order valence-electron chi connectivity index (χ2n) is 11.9. The summed E-state index contributed by atoms with van der Waals surface area (Å²) < 4.78 is 5.20. The van der Waals surface area contributed by atoms with E-state index in [2.05, 4.69) is 19.9 Å². The molecular weight excluding hydrogens is 408 g/mol. The van der Waals surface area contributed by atoms with E-state index in [0.29, 0.717) is 12.0 Å². The van der Waals surface area contributed by atoms with Gasteiger partial charge in [-0.2, -0.15) is 0 Å². The van der Waals surface area contributed by atoms with Crippen LogP contribution in [0.5, 0.6) is 0 Å². The van der Waals surface area contributed by atoms with Crippen molar-refractivity contribution in [3.05, 3.63) is 11.6 Å². The molecule has 0 spiro atoms. The van der Waals surface area contributed by atoms with Crippen LogP contribution in [0.25, 0.3) is 0 Å². The average Bonchev–Trinajstić information content (AvgIpc) is 3.17. The largest absolute Gasteiger partial charge is 0.393 e. The minimum Gasteiger partial charge on any atom is -0.393 e. The molecule has 0 aliphatic heterocycles. The highest BCUT2D eigenvalue weighted by Crippen LogP contribution is 2.64. The van der Waals surface area contributed by atoms with Crippen LogP contribution in [-0.2, 0) is 4.74 Å². The van der Waals surface area contributed by atoms with Gasteiger partial charge in [-0.3, -0.25) is 0 Å². The number of unbranched alkanes of at least 4 members (excludes halogenated alkanes) is 1. The van der Waals surface area contributed by atoms with Crippen LogP contribution in [0, 0.1) is 35.0 Å². The first-order chi connectivity index (χ1) is 15.9. The molecule has 4 aliphatic rings. The molecule has 192 valence electrons. The van der Waals surface area contributed by atoms with Crippen molar-refractivity contribution in [2.45, 2.75) is 129 Å². The number of rotatable bonds is 9. The summed E-state index contributed by atoms with van der Waals surface area (Å²) in [6.45, 7) is 9.40. The van der Waals surface area contributed by atoms with Gasteiger partial charge in [-0.15, -0.1) is 0 Å². The van der Waals surface area contributed by atoms with Gasteiger partial charge in [0.2, 0.25) is 0 Å². The molecule has 8 atom stereocenters. The van der Waals surface area contributed by atoms with E-state index in [1.807, 2.05) is 13.8 Å². The van der Waals surface area contributed by atoms with Crippen molar-refractivity contribution >= 4 is 0 Å². The zero-order valence-corrected chi connectivity index (χ0v) is 22.5. The van der Waals surface area contributed by atoms with Crippen molar-refractivity contribution in [1.82, 2.24) is 0 Å². The molecule has 0 heterocycles. The Hall–Kier alpha value is -0.380. The normalized spacial score (nSPS) is 39.3. The van der Waals surface area contributed by atoms with Gasteiger partial charge in [0, 0.05) is 13.7 Å². The second-order valence-corrected chi connectivity index (χ2v) is 11.9. The van der Waals surface area contributed by atoms with E-state index < -0.39 is 5.60 Å². The van der Waals surface area contributed by atoms with E-state index in [9.17, 15) is 10.2 Å². The lowest BCUT2D eigenvalue weighted by Gasteiger charge is -2.54. The summed E-state index contributed by atoms with van der Waals surface area (Å²) in [4.78, 5) is 0. The molecule has 0 aromatic carbocycles. The third-order valence-corrected chi connectivity index (χ3v) is 10.5. The standard InChI is InChI=1S/C28H48O3.C2H6/c1-4-28(30,17-18-31-3)15-6-5-7-21-9-13-26-25-11-8-20-19-22(29)10-12-23(20)24(25)14-16-27(21,26)2;1-2/h8,21-26,29-30H,4-7,9-19H2,1-3H3;1-2H3. The molecule has 3 fully saturated rings. The number of aliphatic hydroxyl groups is 2. The minimum atomic E-state index is -0.532. The monoisotopic (exact) mass is 462 g/mol. The first kappa shape index (κ1) is 27.2. The molecule has 0 amide bonds. The molecule has 0 radical (unpaired) electrons. The second kappa shape index (κ2) is 12.0. The molecule has 4 rings (SSSR count). The predicted octanol–water partition coefficient (Wildman–Crippen LogP) is 7.30. The summed E-state index contributed by atoms with van der Waals surface area (Å²) in [5.74, 6) is 4.36. The summed E-state index contributed by atoms with van der Waals surface area (Å²) >= 11 is 0. The van der Waals surface area contributed by atoms with Gasteiger partial charge in [0.1, 0.15) is 0 Å². The van der Waals surface area contributed by atoms with Crippen LogP contribution < -0.4 is 0 Å². The van der Waals surface area contributed by atoms with Gasteiger partial charge in [-0.25, -0.2) is 0 Å². The molecule has 8 unspecified atom stereocenters. The summed E-state index contributed by atoms with van der Waals surface area (Å²) in [5.41, 5.74) is 1.61. The Labute approximate surface area is 204 Å². The van der Waals surface area contributed by atoms with E-state index in [-0.39, 0.29) is 6.10 Å². The maximum atomic E-state index is 10.8. The van der Waals surface area contributed by atoms with Crippen LogP contribution in [-0.4, -0.2) is 35.6 Å². The lowest BCUT2D eigenvalue weighted by Crippen LogP contribution is -2.46. The Morgan fingerprint density at radius 2 is 1.85 bits per heavy atom. The highest BCUT2D eigenvalue weighted by molar-refractivity contribution is 5.20. The molecule has 0 bridgehead atoms. The minimum absolute atomic E-state index is 0.0800. The Morgan fingerprint density at radius 3 is 2.58 bits per heavy atom. The van der Waals surface area contributed by atoms with Gasteiger partial charge in [0.05, 0.1) is 11.7 Å². The average molecular weight is 463 g/mol. The fraction of sp³-hybridized carbons (Fsp3) is 0.933. The smallest absolute Gasteiger partial charge is 0.0667 e. The van der Waals surface area contributed by atoms with Crippen LogP contribution in [0.4, 0.5) is 0 Å². The summed E-state index contributed by atoms with van der Waals surface area (Å²) in [6.07, 6.45) is 18.9. The van der Waals surface area contributed by atoms with Crippen molar-refractivity contribution in [3.8, 4) is 0 Å².